The van der Waals surface area contributed by atoms with Crippen molar-refractivity contribution in [2.24, 2.45) is 0 Å². The largest absolute Gasteiger partial charge is 0.369 e. The maximum absolute atomic E-state index is 13.6. The summed E-state index contributed by atoms with van der Waals surface area (Å²) >= 11 is 1.93. The van der Waals surface area contributed by atoms with Gasteiger partial charge in [0.1, 0.15) is 5.82 Å². The summed E-state index contributed by atoms with van der Waals surface area (Å²) in [6, 6.07) is 3.13. The minimum atomic E-state index is -0.870. The Morgan fingerprint density at radius 2 is 2.26 bits per heavy atom. The second-order valence-corrected chi connectivity index (χ2v) is 7.44. The van der Waals surface area contributed by atoms with Gasteiger partial charge in [0.2, 0.25) is 5.95 Å². The first-order valence-electron chi connectivity index (χ1n) is 5.83. The molecule has 2 unspecified atom stereocenters. The maximum atomic E-state index is 13.6. The summed E-state index contributed by atoms with van der Waals surface area (Å²) < 4.78 is 27.3. The average Bonchev–Trinajstić information content (AvgIpc) is 2.62. The Bertz CT molecular complexity index is 643. The van der Waals surface area contributed by atoms with Gasteiger partial charge in [-0.25, -0.2) is 9.37 Å². The van der Waals surface area contributed by atoms with Gasteiger partial charge < -0.3 is 10.3 Å². The van der Waals surface area contributed by atoms with Crippen LogP contribution in [-0.2, 0) is 17.3 Å². The summed E-state index contributed by atoms with van der Waals surface area (Å²) in [5.41, 5.74) is 7.24. The number of nitrogens with two attached hydrogens (primary N) is 1. The standard InChI is InChI=1S/C12H15FIN3OS/c1-7(19(2)18)3-4-17-11-5-8(13)9(14)6-10(11)16-12(17)15/h5-7H,3-4H2,1-2H3,(H2,15,16). The molecule has 1 aromatic carbocycles. The molecule has 0 spiro atoms. The highest BCUT2D eigenvalue weighted by molar-refractivity contribution is 14.1. The van der Waals surface area contributed by atoms with Gasteiger partial charge in [0.05, 0.1) is 14.6 Å². The second-order valence-electron chi connectivity index (χ2n) is 4.47. The van der Waals surface area contributed by atoms with Gasteiger partial charge in [-0.1, -0.05) is 6.92 Å². The highest BCUT2D eigenvalue weighted by Gasteiger charge is 2.13. The summed E-state index contributed by atoms with van der Waals surface area (Å²) in [5.74, 6) is 0.0897. The lowest BCUT2D eigenvalue weighted by Crippen LogP contribution is -2.14. The molecule has 2 aromatic rings. The smallest absolute Gasteiger partial charge is 0.201 e. The van der Waals surface area contributed by atoms with E-state index >= 15 is 0 Å². The number of aromatic nitrogens is 2. The van der Waals surface area contributed by atoms with E-state index in [0.717, 1.165) is 0 Å². The monoisotopic (exact) mass is 395 g/mol. The molecule has 0 aliphatic heterocycles. The van der Waals surface area contributed by atoms with Crippen LogP contribution in [0, 0.1) is 9.39 Å². The summed E-state index contributed by atoms with van der Waals surface area (Å²) in [6.45, 7) is 2.51. The molecule has 1 aromatic heterocycles. The summed E-state index contributed by atoms with van der Waals surface area (Å²) in [4.78, 5) is 4.23. The molecule has 0 radical (unpaired) electrons. The number of nitrogen functional groups attached to an aromatic ring is 1. The van der Waals surface area contributed by atoms with Crippen LogP contribution in [0.2, 0.25) is 0 Å². The first-order chi connectivity index (χ1) is 8.90. The molecule has 0 amide bonds. The van der Waals surface area contributed by atoms with Crippen molar-refractivity contribution in [3.8, 4) is 0 Å². The van der Waals surface area contributed by atoms with Crippen molar-refractivity contribution in [2.45, 2.75) is 25.1 Å². The number of halogens is 2. The first-order valence-corrected chi connectivity index (χ1v) is 8.53. The molecular weight excluding hydrogens is 380 g/mol. The Morgan fingerprint density at radius 3 is 2.89 bits per heavy atom. The van der Waals surface area contributed by atoms with Gasteiger partial charge in [0.15, 0.2) is 0 Å². The van der Waals surface area contributed by atoms with Crippen LogP contribution in [0.3, 0.4) is 0 Å². The van der Waals surface area contributed by atoms with E-state index in [1.165, 1.54) is 6.07 Å². The molecule has 0 aliphatic carbocycles. The Hall–Kier alpha value is -0.700. The number of fused-ring (bicyclic) bond motifs is 1. The van der Waals surface area contributed by atoms with Crippen molar-refractivity contribution in [1.29, 1.82) is 0 Å². The molecule has 4 nitrogen and oxygen atoms in total. The number of rotatable bonds is 4. The van der Waals surface area contributed by atoms with Crippen molar-refractivity contribution >= 4 is 50.4 Å². The van der Waals surface area contributed by atoms with Crippen molar-refractivity contribution in [3.63, 3.8) is 0 Å². The summed E-state index contributed by atoms with van der Waals surface area (Å²) in [7, 11) is -0.870. The summed E-state index contributed by atoms with van der Waals surface area (Å²) in [5, 5.41) is 0.0746. The first kappa shape index (κ1) is 14.7. The third-order valence-electron chi connectivity index (χ3n) is 3.15. The molecule has 104 valence electrons. The molecule has 2 rings (SSSR count). The van der Waals surface area contributed by atoms with Gasteiger partial charge in [-0.3, -0.25) is 4.21 Å². The van der Waals surface area contributed by atoms with E-state index in [1.807, 2.05) is 29.5 Å². The van der Waals surface area contributed by atoms with Crippen LogP contribution in [0.1, 0.15) is 13.3 Å². The molecular formula is C12H15FIN3OS. The zero-order valence-electron chi connectivity index (χ0n) is 10.7. The van der Waals surface area contributed by atoms with E-state index in [2.05, 4.69) is 4.98 Å². The minimum Gasteiger partial charge on any atom is -0.369 e. The Labute approximate surface area is 127 Å². The zero-order valence-corrected chi connectivity index (χ0v) is 13.7. The van der Waals surface area contributed by atoms with Crippen molar-refractivity contribution in [1.82, 2.24) is 9.55 Å². The van der Waals surface area contributed by atoms with Crippen LogP contribution in [0.4, 0.5) is 10.3 Å². The van der Waals surface area contributed by atoms with E-state index in [1.54, 1.807) is 16.9 Å². The topological polar surface area (TPSA) is 60.9 Å². The lowest BCUT2D eigenvalue weighted by atomic mass is 10.3. The minimum absolute atomic E-state index is 0.0746. The van der Waals surface area contributed by atoms with Gasteiger partial charge in [-0.05, 0) is 35.1 Å². The van der Waals surface area contributed by atoms with Crippen LogP contribution >= 0.6 is 22.6 Å². The highest BCUT2D eigenvalue weighted by Crippen LogP contribution is 2.23. The van der Waals surface area contributed by atoms with Gasteiger partial charge >= 0.3 is 0 Å². The molecule has 1 heterocycles. The van der Waals surface area contributed by atoms with Crippen LogP contribution in [-0.4, -0.2) is 25.3 Å². The Kier molecular flexibility index (Phi) is 4.44. The third kappa shape index (κ3) is 3.07. The number of imidazole rings is 1. The average molecular weight is 395 g/mol. The van der Waals surface area contributed by atoms with Crippen LogP contribution in [0.5, 0.6) is 0 Å². The number of hydrogen-bond donors (Lipinski definition) is 1. The SMILES string of the molecule is CC(CCn1c(N)nc2cc(I)c(F)cc21)S(C)=O. The molecule has 0 aliphatic rings. The maximum Gasteiger partial charge on any atom is 0.201 e. The normalized spacial score (nSPS) is 14.7. The predicted octanol–water partition coefficient (Wildman–Crippen LogP) is 2.52. The number of benzene rings is 1. The molecule has 19 heavy (non-hydrogen) atoms. The third-order valence-corrected chi connectivity index (χ3v) is 5.34. The van der Waals surface area contributed by atoms with Crippen molar-refractivity contribution in [2.75, 3.05) is 12.0 Å². The molecule has 2 atom stereocenters. The molecule has 0 saturated carbocycles. The fourth-order valence-corrected chi connectivity index (χ4v) is 2.74. The van der Waals surface area contributed by atoms with E-state index in [-0.39, 0.29) is 11.1 Å². The zero-order chi connectivity index (χ0) is 14.2. The molecule has 0 bridgehead atoms. The molecule has 0 saturated heterocycles. The lowest BCUT2D eigenvalue weighted by Gasteiger charge is -2.10. The molecule has 7 heteroatoms. The number of anilines is 1. The highest BCUT2D eigenvalue weighted by atomic mass is 127. The Morgan fingerprint density at radius 1 is 1.58 bits per heavy atom. The van der Waals surface area contributed by atoms with Crippen LogP contribution < -0.4 is 5.73 Å². The van der Waals surface area contributed by atoms with E-state index in [0.29, 0.717) is 33.5 Å². The van der Waals surface area contributed by atoms with Crippen LogP contribution in [0.15, 0.2) is 12.1 Å². The quantitative estimate of drug-likeness (QED) is 0.810. The van der Waals surface area contributed by atoms with Gasteiger partial charge in [-0.2, -0.15) is 0 Å². The fraction of sp³-hybridized carbons (Fsp3) is 0.417. The van der Waals surface area contributed by atoms with Crippen molar-refractivity contribution in [3.05, 3.63) is 21.5 Å². The van der Waals surface area contributed by atoms with Crippen LogP contribution in [0.25, 0.3) is 11.0 Å². The number of aryl methyl sites for hydroxylation is 1. The van der Waals surface area contributed by atoms with Gasteiger partial charge in [0.25, 0.3) is 0 Å². The molecule has 0 fully saturated rings. The van der Waals surface area contributed by atoms with E-state index in [9.17, 15) is 8.60 Å². The van der Waals surface area contributed by atoms with Gasteiger partial charge in [-0.15, -0.1) is 0 Å². The summed E-state index contributed by atoms with van der Waals surface area (Å²) in [6.07, 6.45) is 2.40. The fourth-order valence-electron chi connectivity index (χ4n) is 1.85. The lowest BCUT2D eigenvalue weighted by molar-refractivity contribution is 0.616. The van der Waals surface area contributed by atoms with E-state index < -0.39 is 10.8 Å². The van der Waals surface area contributed by atoms with Crippen molar-refractivity contribution < 1.29 is 8.60 Å². The number of hydrogen-bond acceptors (Lipinski definition) is 3. The number of nitrogens with zero attached hydrogens (tertiary/aromatic N) is 2. The molecule has 2 N–H and O–H groups in total. The van der Waals surface area contributed by atoms with E-state index in [4.69, 9.17) is 5.73 Å². The second kappa shape index (κ2) is 5.74. The Balaban J connectivity index is 2.35. The predicted molar refractivity (Wildman–Crippen MR) is 85.0 cm³/mol. The van der Waals surface area contributed by atoms with Gasteiger partial charge in [0, 0.05) is 34.9 Å².